The number of likely N-dealkylation sites (N-methyl/N-ethyl adjacent to an activating group) is 1. The zero-order valence-electron chi connectivity index (χ0n) is 10.6. The topological polar surface area (TPSA) is 106 Å². The van der Waals surface area contributed by atoms with Crippen molar-refractivity contribution in [2.45, 2.75) is 6.92 Å². The number of amides is 3. The van der Waals surface area contributed by atoms with Crippen LogP contribution in [-0.4, -0.2) is 54.7 Å². The van der Waals surface area contributed by atoms with E-state index in [9.17, 15) is 19.2 Å². The highest BCUT2D eigenvalue weighted by molar-refractivity contribution is 6.36. The second-order valence-corrected chi connectivity index (χ2v) is 4.11. The van der Waals surface area contributed by atoms with Crippen LogP contribution in [0, 0.1) is 0 Å². The number of rotatable bonds is 7. The summed E-state index contributed by atoms with van der Waals surface area (Å²) in [7, 11) is 1.58. The number of ketones is 1. The van der Waals surface area contributed by atoms with Crippen molar-refractivity contribution in [1.82, 2.24) is 5.32 Å². The van der Waals surface area contributed by atoms with Crippen molar-refractivity contribution in [2.24, 2.45) is 5.73 Å². The molecule has 0 aromatic heterocycles. The molecule has 0 fully saturated rings. The largest absolute Gasteiger partial charge is 0.363 e. The van der Waals surface area contributed by atoms with E-state index in [0.29, 0.717) is 6.54 Å². The van der Waals surface area contributed by atoms with Gasteiger partial charge in [0.1, 0.15) is 6.54 Å². The van der Waals surface area contributed by atoms with E-state index in [1.54, 1.807) is 7.05 Å². The predicted octanol–water partition coefficient (Wildman–Crippen LogP) is -1.66. The van der Waals surface area contributed by atoms with Crippen molar-refractivity contribution >= 4 is 23.5 Å². The average Bonchev–Trinajstić information content (AvgIpc) is 2.25. The summed E-state index contributed by atoms with van der Waals surface area (Å²) in [5, 5.41) is 2.24. The molecule has 0 aromatic carbocycles. The molecule has 0 rings (SSSR count). The number of nitrogens with zero attached hydrogens (tertiary/aromatic N) is 1. The van der Waals surface area contributed by atoms with Gasteiger partial charge in [-0.25, -0.2) is 4.79 Å². The molecule has 100 valence electrons. The van der Waals surface area contributed by atoms with Crippen molar-refractivity contribution in [3.63, 3.8) is 0 Å². The molecule has 0 heterocycles. The lowest BCUT2D eigenvalue weighted by atomic mass is 10.3. The van der Waals surface area contributed by atoms with Crippen molar-refractivity contribution in [3.05, 3.63) is 12.7 Å². The number of hydrogen-bond donors (Lipinski definition) is 2. The summed E-state index contributed by atoms with van der Waals surface area (Å²) in [4.78, 5) is 44.3. The Labute approximate surface area is 105 Å². The standard InChI is InChI=1S/C11H17N3O4/c1-4-5-14(3,8(2)15)7-10(17)13-6-9(16)11(12)18/h4H,1,5-7H2,2-3H3,(H2-,12,13,17,18)/p+1. The monoisotopic (exact) mass is 256 g/mol. The van der Waals surface area contributed by atoms with Crippen LogP contribution in [0.1, 0.15) is 6.92 Å². The molecule has 0 aliphatic heterocycles. The van der Waals surface area contributed by atoms with Crippen LogP contribution < -0.4 is 11.1 Å². The first kappa shape index (κ1) is 16.0. The number of nitrogens with one attached hydrogen (secondary N) is 1. The maximum absolute atomic E-state index is 11.5. The lowest BCUT2D eigenvalue weighted by Crippen LogP contribution is -2.54. The molecule has 0 saturated heterocycles. The molecule has 0 aromatic rings. The summed E-state index contributed by atoms with van der Waals surface area (Å²) in [6.07, 6.45) is 1.53. The molecule has 0 spiro atoms. The smallest absolute Gasteiger partial charge is 0.311 e. The van der Waals surface area contributed by atoms with Gasteiger partial charge in [-0.05, 0) is 6.08 Å². The number of primary amides is 1. The van der Waals surface area contributed by atoms with Crippen LogP contribution in [0.3, 0.4) is 0 Å². The van der Waals surface area contributed by atoms with Gasteiger partial charge in [0.2, 0.25) is 5.78 Å². The third kappa shape index (κ3) is 4.88. The van der Waals surface area contributed by atoms with E-state index < -0.39 is 24.1 Å². The van der Waals surface area contributed by atoms with Gasteiger partial charge in [-0.2, -0.15) is 0 Å². The molecule has 7 nitrogen and oxygen atoms in total. The molecule has 1 atom stereocenters. The van der Waals surface area contributed by atoms with Crippen LogP contribution in [0.15, 0.2) is 12.7 Å². The van der Waals surface area contributed by atoms with Crippen LogP contribution >= 0.6 is 0 Å². The number of quaternary nitrogens is 1. The third-order valence-corrected chi connectivity index (χ3v) is 2.51. The third-order valence-electron chi connectivity index (χ3n) is 2.51. The molecule has 1 unspecified atom stereocenters. The lowest BCUT2D eigenvalue weighted by molar-refractivity contribution is -0.819. The first-order chi connectivity index (χ1) is 8.23. The Bertz CT molecular complexity index is 392. The highest BCUT2D eigenvalue weighted by Gasteiger charge is 2.29. The van der Waals surface area contributed by atoms with Crippen LogP contribution in [0.2, 0.25) is 0 Å². The Morgan fingerprint density at radius 1 is 1.33 bits per heavy atom. The fourth-order valence-corrected chi connectivity index (χ4v) is 1.23. The molecule has 3 amide bonds. The van der Waals surface area contributed by atoms with E-state index >= 15 is 0 Å². The molecule has 0 bridgehead atoms. The maximum Gasteiger partial charge on any atom is 0.311 e. The molecular formula is C11H18N3O4+. The second-order valence-electron chi connectivity index (χ2n) is 4.11. The maximum atomic E-state index is 11.5. The summed E-state index contributed by atoms with van der Waals surface area (Å²) in [6.45, 7) is 4.59. The molecule has 7 heteroatoms. The average molecular weight is 256 g/mol. The van der Waals surface area contributed by atoms with Gasteiger partial charge in [0.05, 0.1) is 20.5 Å². The second kappa shape index (κ2) is 6.65. The van der Waals surface area contributed by atoms with Crippen LogP contribution in [0.25, 0.3) is 0 Å². The Morgan fingerprint density at radius 2 is 1.89 bits per heavy atom. The number of hydrogen-bond acceptors (Lipinski definition) is 4. The molecule has 18 heavy (non-hydrogen) atoms. The van der Waals surface area contributed by atoms with Gasteiger partial charge in [0.15, 0.2) is 6.54 Å². The van der Waals surface area contributed by atoms with Gasteiger partial charge in [-0.15, -0.1) is 0 Å². The van der Waals surface area contributed by atoms with Crippen LogP contribution in [0.4, 0.5) is 0 Å². The Morgan fingerprint density at radius 3 is 2.28 bits per heavy atom. The summed E-state index contributed by atoms with van der Waals surface area (Å²) in [6, 6.07) is 0. The minimum absolute atomic E-state index is 0.132. The Kier molecular flexibility index (Phi) is 5.90. The fraction of sp³-hybridized carbons (Fsp3) is 0.455. The zero-order chi connectivity index (χ0) is 14.3. The quantitative estimate of drug-likeness (QED) is 0.323. The fourth-order valence-electron chi connectivity index (χ4n) is 1.23. The van der Waals surface area contributed by atoms with Crippen molar-refractivity contribution in [3.8, 4) is 0 Å². The summed E-state index contributed by atoms with van der Waals surface area (Å²) < 4.78 is -0.153. The molecule has 0 saturated carbocycles. The summed E-state index contributed by atoms with van der Waals surface area (Å²) in [5.41, 5.74) is 4.73. The predicted molar refractivity (Wildman–Crippen MR) is 64.0 cm³/mol. The molecule has 0 aliphatic carbocycles. The number of nitrogens with two attached hydrogens (primary N) is 1. The van der Waals surface area contributed by atoms with Crippen LogP contribution in [-0.2, 0) is 19.2 Å². The number of Topliss-reactive ketones (excluding diaryl/α,β-unsaturated/α-hetero) is 1. The number of carbonyl (C=O) groups excluding carboxylic acids is 4. The van der Waals surface area contributed by atoms with Crippen molar-refractivity contribution < 1.29 is 23.7 Å². The van der Waals surface area contributed by atoms with E-state index in [4.69, 9.17) is 5.73 Å². The Hall–Kier alpha value is -2.02. The highest BCUT2D eigenvalue weighted by Crippen LogP contribution is 2.03. The molecular weight excluding hydrogens is 238 g/mol. The highest BCUT2D eigenvalue weighted by atomic mass is 16.2. The minimum Gasteiger partial charge on any atom is -0.363 e. The van der Waals surface area contributed by atoms with Gasteiger partial charge >= 0.3 is 5.91 Å². The number of carbonyl (C=O) groups is 4. The van der Waals surface area contributed by atoms with Crippen LogP contribution in [0.5, 0.6) is 0 Å². The van der Waals surface area contributed by atoms with E-state index in [1.807, 2.05) is 0 Å². The summed E-state index contributed by atoms with van der Waals surface area (Å²) in [5.74, 6) is -2.70. The van der Waals surface area contributed by atoms with Gasteiger partial charge < -0.3 is 11.1 Å². The van der Waals surface area contributed by atoms with Crippen molar-refractivity contribution in [2.75, 3.05) is 26.7 Å². The Balaban J connectivity index is 4.45. The molecule has 0 aliphatic rings. The van der Waals surface area contributed by atoms with Gasteiger partial charge in [-0.3, -0.25) is 18.9 Å². The lowest BCUT2D eigenvalue weighted by Gasteiger charge is -2.28. The molecule has 0 radical (unpaired) electrons. The zero-order valence-corrected chi connectivity index (χ0v) is 10.6. The van der Waals surface area contributed by atoms with E-state index in [1.165, 1.54) is 13.0 Å². The first-order valence-corrected chi connectivity index (χ1v) is 5.29. The van der Waals surface area contributed by atoms with Crippen molar-refractivity contribution in [1.29, 1.82) is 0 Å². The van der Waals surface area contributed by atoms with E-state index in [-0.39, 0.29) is 16.9 Å². The summed E-state index contributed by atoms with van der Waals surface area (Å²) >= 11 is 0. The van der Waals surface area contributed by atoms with E-state index in [2.05, 4.69) is 11.9 Å². The first-order valence-electron chi connectivity index (χ1n) is 5.29. The minimum atomic E-state index is -1.11. The van der Waals surface area contributed by atoms with Gasteiger partial charge in [-0.1, -0.05) is 6.58 Å². The van der Waals surface area contributed by atoms with E-state index in [0.717, 1.165) is 0 Å². The normalized spacial score (nSPS) is 13.2. The van der Waals surface area contributed by atoms with Gasteiger partial charge in [0.25, 0.3) is 11.8 Å². The van der Waals surface area contributed by atoms with Gasteiger partial charge in [0, 0.05) is 0 Å². The molecule has 3 N–H and O–H groups in total. The SMILES string of the molecule is C=CC[N+](C)(CC(=O)NCC(=O)C(N)=O)C(C)=O.